The van der Waals surface area contributed by atoms with E-state index in [9.17, 15) is 13.2 Å². The van der Waals surface area contributed by atoms with Crippen LogP contribution in [0.3, 0.4) is 0 Å². The van der Waals surface area contributed by atoms with Gasteiger partial charge in [-0.05, 0) is 37.5 Å². The van der Waals surface area contributed by atoms with E-state index < -0.39 is 11.7 Å². The molecular weight excluding hydrogens is 329 g/mol. The van der Waals surface area contributed by atoms with Gasteiger partial charge in [0.1, 0.15) is 5.84 Å². The Morgan fingerprint density at radius 2 is 2.04 bits per heavy atom. The average molecular weight is 350 g/mol. The lowest BCUT2D eigenvalue weighted by Crippen LogP contribution is -2.14. The SMILES string of the molecule is CCC(=Nc1cc(C(F)(F)F)ccn1)N=C(CC)C1=CNC(C)=CC1. The summed E-state index contributed by atoms with van der Waals surface area (Å²) >= 11 is 0. The Hall–Kier alpha value is -2.44. The maximum absolute atomic E-state index is 12.8. The summed E-state index contributed by atoms with van der Waals surface area (Å²) in [4.78, 5) is 12.7. The van der Waals surface area contributed by atoms with Gasteiger partial charge in [-0.15, -0.1) is 0 Å². The first-order chi connectivity index (χ1) is 11.8. The molecule has 0 saturated carbocycles. The van der Waals surface area contributed by atoms with Crippen LogP contribution in [-0.2, 0) is 6.18 Å². The number of rotatable bonds is 4. The highest BCUT2D eigenvalue weighted by Gasteiger charge is 2.30. The van der Waals surface area contributed by atoms with Crippen molar-refractivity contribution in [2.75, 3.05) is 0 Å². The number of halogens is 3. The van der Waals surface area contributed by atoms with Crippen molar-refractivity contribution in [3.05, 3.63) is 47.4 Å². The molecule has 2 heterocycles. The van der Waals surface area contributed by atoms with Crippen LogP contribution in [0.15, 0.2) is 51.9 Å². The summed E-state index contributed by atoms with van der Waals surface area (Å²) in [6.45, 7) is 5.83. The van der Waals surface area contributed by atoms with Crippen LogP contribution in [0.25, 0.3) is 0 Å². The van der Waals surface area contributed by atoms with Crippen molar-refractivity contribution in [1.29, 1.82) is 0 Å². The highest BCUT2D eigenvalue weighted by Crippen LogP contribution is 2.30. The molecule has 134 valence electrons. The van der Waals surface area contributed by atoms with Gasteiger partial charge in [0.15, 0.2) is 5.82 Å². The fourth-order valence-electron chi connectivity index (χ4n) is 2.29. The predicted octanol–water partition coefficient (Wildman–Crippen LogP) is 5.17. The summed E-state index contributed by atoms with van der Waals surface area (Å²) in [5.41, 5.74) is 2.23. The average Bonchev–Trinajstić information content (AvgIpc) is 2.59. The quantitative estimate of drug-likeness (QED) is 0.601. The van der Waals surface area contributed by atoms with Crippen LogP contribution in [0, 0.1) is 0 Å². The van der Waals surface area contributed by atoms with E-state index >= 15 is 0 Å². The molecule has 1 aliphatic heterocycles. The number of alkyl halides is 3. The van der Waals surface area contributed by atoms with Crippen molar-refractivity contribution >= 4 is 17.4 Å². The van der Waals surface area contributed by atoms with E-state index in [-0.39, 0.29) is 5.82 Å². The zero-order chi connectivity index (χ0) is 18.4. The Labute approximate surface area is 145 Å². The first-order valence-corrected chi connectivity index (χ1v) is 8.14. The Balaban J connectivity index is 2.30. The molecule has 1 aliphatic rings. The van der Waals surface area contributed by atoms with Crippen LogP contribution < -0.4 is 5.32 Å². The van der Waals surface area contributed by atoms with E-state index in [0.717, 1.165) is 41.7 Å². The number of nitrogens with zero attached hydrogens (tertiary/aromatic N) is 3. The Bertz CT molecular complexity index is 743. The fourth-order valence-corrected chi connectivity index (χ4v) is 2.29. The maximum atomic E-state index is 12.8. The minimum Gasteiger partial charge on any atom is -0.365 e. The zero-order valence-corrected chi connectivity index (χ0v) is 14.5. The van der Waals surface area contributed by atoms with E-state index in [0.29, 0.717) is 18.7 Å². The van der Waals surface area contributed by atoms with Crippen molar-refractivity contribution in [2.24, 2.45) is 9.98 Å². The zero-order valence-electron chi connectivity index (χ0n) is 14.5. The Morgan fingerprint density at radius 1 is 1.28 bits per heavy atom. The van der Waals surface area contributed by atoms with Gasteiger partial charge in [-0.2, -0.15) is 13.2 Å². The standard InChI is InChI=1S/C18H21F3N4/c1-4-15(13-7-6-12(3)23-11-13)24-16(5-2)25-17-10-14(8-9-22-17)18(19,20)21/h6,8-11,23H,4-5,7H2,1-3H3. The minimum atomic E-state index is -4.42. The molecule has 0 aromatic carbocycles. The summed E-state index contributed by atoms with van der Waals surface area (Å²) < 4.78 is 38.4. The van der Waals surface area contributed by atoms with Gasteiger partial charge in [0.05, 0.1) is 5.56 Å². The number of hydrogen-bond donors (Lipinski definition) is 1. The topological polar surface area (TPSA) is 49.6 Å². The molecule has 0 aliphatic carbocycles. The fraction of sp³-hybridized carbons (Fsp3) is 0.389. The first-order valence-electron chi connectivity index (χ1n) is 8.14. The third-order valence-electron chi connectivity index (χ3n) is 3.70. The van der Waals surface area contributed by atoms with Gasteiger partial charge < -0.3 is 5.32 Å². The number of dihydropyridines is 1. The van der Waals surface area contributed by atoms with E-state index in [4.69, 9.17) is 0 Å². The number of aliphatic imine (C=N–C) groups is 2. The van der Waals surface area contributed by atoms with Crippen molar-refractivity contribution in [3.8, 4) is 0 Å². The molecule has 0 spiro atoms. The van der Waals surface area contributed by atoms with Gasteiger partial charge in [0, 0.05) is 30.2 Å². The van der Waals surface area contributed by atoms with Crippen molar-refractivity contribution < 1.29 is 13.2 Å². The van der Waals surface area contributed by atoms with Crippen molar-refractivity contribution in [2.45, 2.75) is 46.2 Å². The van der Waals surface area contributed by atoms with Gasteiger partial charge in [-0.25, -0.2) is 15.0 Å². The molecule has 7 heteroatoms. The van der Waals surface area contributed by atoms with Crippen LogP contribution in [0.1, 0.15) is 45.6 Å². The molecule has 0 radical (unpaired) electrons. The highest BCUT2D eigenvalue weighted by molar-refractivity contribution is 6.07. The van der Waals surface area contributed by atoms with Gasteiger partial charge in [-0.3, -0.25) is 0 Å². The number of allylic oxidation sites excluding steroid dienone is 3. The monoisotopic (exact) mass is 350 g/mol. The second-order valence-electron chi connectivity index (χ2n) is 5.60. The molecule has 0 unspecified atom stereocenters. The van der Waals surface area contributed by atoms with Crippen LogP contribution in [0.5, 0.6) is 0 Å². The summed E-state index contributed by atoms with van der Waals surface area (Å²) in [5.74, 6) is 0.466. The highest BCUT2D eigenvalue weighted by atomic mass is 19.4. The van der Waals surface area contributed by atoms with Crippen LogP contribution in [0.2, 0.25) is 0 Å². The second kappa shape index (κ2) is 8.09. The predicted molar refractivity (Wildman–Crippen MR) is 93.9 cm³/mol. The third kappa shape index (κ3) is 5.27. The molecule has 1 aromatic rings. The molecule has 0 saturated heterocycles. The molecule has 25 heavy (non-hydrogen) atoms. The number of aromatic nitrogens is 1. The summed E-state index contributed by atoms with van der Waals surface area (Å²) in [5, 5.41) is 3.15. The summed E-state index contributed by atoms with van der Waals surface area (Å²) in [6, 6.07) is 1.86. The lowest BCUT2D eigenvalue weighted by Gasteiger charge is -2.14. The lowest BCUT2D eigenvalue weighted by atomic mass is 10.0. The van der Waals surface area contributed by atoms with Gasteiger partial charge in [-0.1, -0.05) is 19.9 Å². The smallest absolute Gasteiger partial charge is 0.365 e. The third-order valence-corrected chi connectivity index (χ3v) is 3.70. The Kier molecular flexibility index (Phi) is 6.12. The molecule has 4 nitrogen and oxygen atoms in total. The maximum Gasteiger partial charge on any atom is 0.416 e. The van der Waals surface area contributed by atoms with Gasteiger partial charge >= 0.3 is 6.18 Å². The van der Waals surface area contributed by atoms with E-state index in [1.54, 1.807) is 0 Å². The van der Waals surface area contributed by atoms with Gasteiger partial charge in [0.2, 0.25) is 0 Å². The number of amidine groups is 1. The molecule has 0 atom stereocenters. The van der Waals surface area contributed by atoms with E-state index in [2.05, 4.69) is 26.4 Å². The molecule has 1 aromatic heterocycles. The lowest BCUT2D eigenvalue weighted by molar-refractivity contribution is -0.137. The molecular formula is C18H21F3N4. The van der Waals surface area contributed by atoms with E-state index in [1.807, 2.05) is 27.0 Å². The van der Waals surface area contributed by atoms with Crippen LogP contribution >= 0.6 is 0 Å². The normalized spacial score (nSPS) is 16.2. The first kappa shape index (κ1) is 18.9. The molecule has 0 bridgehead atoms. The van der Waals surface area contributed by atoms with Crippen molar-refractivity contribution in [3.63, 3.8) is 0 Å². The van der Waals surface area contributed by atoms with Gasteiger partial charge in [0.25, 0.3) is 0 Å². The van der Waals surface area contributed by atoms with Crippen molar-refractivity contribution in [1.82, 2.24) is 10.3 Å². The number of nitrogens with one attached hydrogen (secondary N) is 1. The van der Waals surface area contributed by atoms with E-state index in [1.165, 1.54) is 0 Å². The molecule has 1 N–H and O–H groups in total. The number of hydrogen-bond acceptors (Lipinski definition) is 3. The minimum absolute atomic E-state index is 0.0115. The summed E-state index contributed by atoms with van der Waals surface area (Å²) in [6.07, 6.45) is 2.64. The van der Waals surface area contributed by atoms with Crippen LogP contribution in [-0.4, -0.2) is 16.5 Å². The molecule has 0 amide bonds. The summed E-state index contributed by atoms with van der Waals surface area (Å²) in [7, 11) is 0. The second-order valence-corrected chi connectivity index (χ2v) is 5.60. The van der Waals surface area contributed by atoms with Crippen LogP contribution in [0.4, 0.5) is 19.0 Å². The molecule has 2 rings (SSSR count). The number of pyridine rings is 1. The molecule has 0 fully saturated rings. The Morgan fingerprint density at radius 3 is 2.60 bits per heavy atom. The largest absolute Gasteiger partial charge is 0.416 e.